The van der Waals surface area contributed by atoms with Gasteiger partial charge in [0, 0.05) is 17.1 Å². The number of unbranched alkanes of at least 4 members (excludes halogenated alkanes) is 3. The van der Waals surface area contributed by atoms with E-state index in [1.165, 1.54) is 25.0 Å². The predicted octanol–water partition coefficient (Wildman–Crippen LogP) is 3.29. The van der Waals surface area contributed by atoms with Crippen LogP contribution in [0.4, 0.5) is 11.6 Å². The Labute approximate surface area is 143 Å². The van der Waals surface area contributed by atoms with E-state index in [9.17, 15) is 8.42 Å². The maximum Gasteiger partial charge on any atom is 0.264 e. The van der Waals surface area contributed by atoms with Crippen LogP contribution in [0.1, 0.15) is 44.0 Å². The summed E-state index contributed by atoms with van der Waals surface area (Å²) in [6, 6.07) is 7.90. The summed E-state index contributed by atoms with van der Waals surface area (Å²) in [5, 5.41) is 0. The Kier molecular flexibility index (Phi) is 6.14. The standard InChI is InChI=1S/C17H24N4O2S/c1-3-4-5-6-7-15-12-13(2)19-17(20-15)21-24(22,23)16-10-8-14(18)9-11-16/h8-12H,3-7,18H2,1-2H3,(H,19,20,21). The van der Waals surface area contributed by atoms with E-state index >= 15 is 0 Å². The fourth-order valence-electron chi connectivity index (χ4n) is 2.37. The fourth-order valence-corrected chi connectivity index (χ4v) is 3.31. The average Bonchev–Trinajstić information content (AvgIpc) is 2.51. The van der Waals surface area contributed by atoms with E-state index in [2.05, 4.69) is 21.6 Å². The number of anilines is 2. The second kappa shape index (κ2) is 8.10. The van der Waals surface area contributed by atoms with E-state index in [0.717, 1.165) is 30.7 Å². The molecule has 0 saturated heterocycles. The zero-order chi connectivity index (χ0) is 17.6. The first-order valence-electron chi connectivity index (χ1n) is 8.13. The average molecular weight is 348 g/mol. The summed E-state index contributed by atoms with van der Waals surface area (Å²) < 4.78 is 27.3. The molecule has 2 aromatic rings. The fraction of sp³-hybridized carbons (Fsp3) is 0.412. The summed E-state index contributed by atoms with van der Waals surface area (Å²) in [5.74, 6) is 0.109. The SMILES string of the molecule is CCCCCCc1cc(C)nc(NS(=O)(=O)c2ccc(N)cc2)n1. The summed E-state index contributed by atoms with van der Waals surface area (Å²) in [4.78, 5) is 8.64. The summed E-state index contributed by atoms with van der Waals surface area (Å²) in [6.45, 7) is 4.00. The monoisotopic (exact) mass is 348 g/mol. The van der Waals surface area contributed by atoms with Crippen LogP contribution in [-0.4, -0.2) is 18.4 Å². The van der Waals surface area contributed by atoms with Gasteiger partial charge in [-0.15, -0.1) is 0 Å². The van der Waals surface area contributed by atoms with Crippen molar-refractivity contribution in [2.24, 2.45) is 0 Å². The minimum Gasteiger partial charge on any atom is -0.399 e. The van der Waals surface area contributed by atoms with Gasteiger partial charge in [0.1, 0.15) is 0 Å². The highest BCUT2D eigenvalue weighted by Gasteiger charge is 2.16. The van der Waals surface area contributed by atoms with Gasteiger partial charge in [0.05, 0.1) is 4.90 Å². The molecule has 0 aliphatic rings. The van der Waals surface area contributed by atoms with Crippen LogP contribution in [0.15, 0.2) is 35.2 Å². The lowest BCUT2D eigenvalue weighted by atomic mass is 10.1. The summed E-state index contributed by atoms with van der Waals surface area (Å²) in [7, 11) is -3.72. The van der Waals surface area contributed by atoms with Crippen molar-refractivity contribution in [3.63, 3.8) is 0 Å². The Morgan fingerprint density at radius 3 is 2.46 bits per heavy atom. The van der Waals surface area contributed by atoms with Crippen LogP contribution >= 0.6 is 0 Å². The normalized spacial score (nSPS) is 11.4. The third-order valence-corrected chi connectivity index (χ3v) is 4.95. The highest BCUT2D eigenvalue weighted by Crippen LogP contribution is 2.16. The van der Waals surface area contributed by atoms with E-state index in [4.69, 9.17) is 5.73 Å². The zero-order valence-electron chi connectivity index (χ0n) is 14.1. The van der Waals surface area contributed by atoms with Gasteiger partial charge in [0.2, 0.25) is 5.95 Å². The van der Waals surface area contributed by atoms with Crippen molar-refractivity contribution < 1.29 is 8.42 Å². The predicted molar refractivity (Wildman–Crippen MR) is 96.3 cm³/mol. The van der Waals surface area contributed by atoms with Crippen molar-refractivity contribution >= 4 is 21.7 Å². The molecule has 2 rings (SSSR count). The molecule has 0 aliphatic carbocycles. The van der Waals surface area contributed by atoms with Crippen LogP contribution < -0.4 is 10.5 Å². The lowest BCUT2D eigenvalue weighted by Gasteiger charge is -2.09. The van der Waals surface area contributed by atoms with Crippen LogP contribution in [0.3, 0.4) is 0 Å². The Balaban J connectivity index is 2.13. The molecule has 0 amide bonds. The van der Waals surface area contributed by atoms with Crippen LogP contribution in [0.25, 0.3) is 0 Å². The Hall–Kier alpha value is -2.15. The second-order valence-corrected chi connectivity index (χ2v) is 7.49. The molecule has 0 radical (unpaired) electrons. The van der Waals surface area contributed by atoms with Crippen LogP contribution in [0, 0.1) is 6.92 Å². The maximum atomic E-state index is 12.4. The number of hydrogen-bond acceptors (Lipinski definition) is 5. The van der Waals surface area contributed by atoms with Gasteiger partial charge in [0.15, 0.2) is 0 Å². The van der Waals surface area contributed by atoms with Crippen molar-refractivity contribution in [2.45, 2.75) is 50.8 Å². The van der Waals surface area contributed by atoms with Crippen LogP contribution in [0.5, 0.6) is 0 Å². The van der Waals surface area contributed by atoms with E-state index < -0.39 is 10.0 Å². The minimum absolute atomic E-state index is 0.109. The Morgan fingerprint density at radius 2 is 1.79 bits per heavy atom. The summed E-state index contributed by atoms with van der Waals surface area (Å²) in [5.41, 5.74) is 7.70. The molecule has 7 heteroatoms. The molecule has 1 aromatic heterocycles. The molecule has 1 heterocycles. The molecule has 1 aromatic carbocycles. The molecular weight excluding hydrogens is 324 g/mol. The van der Waals surface area contributed by atoms with Gasteiger partial charge in [-0.25, -0.2) is 23.1 Å². The molecule has 0 fully saturated rings. The first-order valence-corrected chi connectivity index (χ1v) is 9.62. The number of rotatable bonds is 8. The Bertz CT molecular complexity index is 774. The van der Waals surface area contributed by atoms with Crippen LogP contribution in [-0.2, 0) is 16.4 Å². The zero-order valence-corrected chi connectivity index (χ0v) is 14.9. The van der Waals surface area contributed by atoms with E-state index in [1.54, 1.807) is 12.1 Å². The molecule has 0 saturated carbocycles. The number of benzene rings is 1. The second-order valence-electron chi connectivity index (χ2n) is 5.81. The number of nitrogen functional groups attached to an aromatic ring is 1. The molecule has 3 N–H and O–H groups in total. The molecule has 0 bridgehead atoms. The van der Waals surface area contributed by atoms with Gasteiger partial charge >= 0.3 is 0 Å². The lowest BCUT2D eigenvalue weighted by Crippen LogP contribution is -2.16. The molecular formula is C17H24N4O2S. The smallest absolute Gasteiger partial charge is 0.264 e. The number of aryl methyl sites for hydroxylation is 2. The largest absolute Gasteiger partial charge is 0.399 e. The molecule has 130 valence electrons. The van der Waals surface area contributed by atoms with E-state index in [1.807, 2.05) is 13.0 Å². The third-order valence-electron chi connectivity index (χ3n) is 3.61. The van der Waals surface area contributed by atoms with Gasteiger partial charge in [0.25, 0.3) is 10.0 Å². The van der Waals surface area contributed by atoms with Crippen molar-refractivity contribution in [3.8, 4) is 0 Å². The third kappa shape index (κ3) is 5.19. The topological polar surface area (TPSA) is 98.0 Å². The molecule has 24 heavy (non-hydrogen) atoms. The van der Waals surface area contributed by atoms with Crippen molar-refractivity contribution in [2.75, 3.05) is 10.5 Å². The minimum atomic E-state index is -3.72. The number of nitrogens with one attached hydrogen (secondary N) is 1. The van der Waals surface area contributed by atoms with E-state index in [-0.39, 0.29) is 10.8 Å². The number of hydrogen-bond donors (Lipinski definition) is 2. The van der Waals surface area contributed by atoms with Crippen LogP contribution in [0.2, 0.25) is 0 Å². The van der Waals surface area contributed by atoms with Crippen molar-refractivity contribution in [3.05, 3.63) is 41.7 Å². The summed E-state index contributed by atoms with van der Waals surface area (Å²) in [6.07, 6.45) is 5.37. The van der Waals surface area contributed by atoms with Gasteiger partial charge in [-0.05, 0) is 50.1 Å². The number of sulfonamides is 1. The molecule has 0 aliphatic heterocycles. The lowest BCUT2D eigenvalue weighted by molar-refractivity contribution is 0.600. The van der Waals surface area contributed by atoms with E-state index in [0.29, 0.717) is 5.69 Å². The van der Waals surface area contributed by atoms with Crippen molar-refractivity contribution in [1.82, 2.24) is 9.97 Å². The first kappa shape index (κ1) is 18.2. The molecule has 6 nitrogen and oxygen atoms in total. The summed E-state index contributed by atoms with van der Waals surface area (Å²) >= 11 is 0. The van der Waals surface area contributed by atoms with Crippen molar-refractivity contribution in [1.29, 1.82) is 0 Å². The van der Waals surface area contributed by atoms with Gasteiger partial charge in [-0.3, -0.25) is 0 Å². The highest BCUT2D eigenvalue weighted by atomic mass is 32.2. The highest BCUT2D eigenvalue weighted by molar-refractivity contribution is 7.92. The number of aromatic nitrogens is 2. The maximum absolute atomic E-state index is 12.4. The first-order chi connectivity index (χ1) is 11.4. The quantitative estimate of drug-likeness (QED) is 0.563. The Morgan fingerprint density at radius 1 is 1.08 bits per heavy atom. The van der Waals surface area contributed by atoms with Gasteiger partial charge in [-0.1, -0.05) is 26.2 Å². The number of nitrogens with zero attached hydrogens (tertiary/aromatic N) is 2. The molecule has 0 spiro atoms. The molecule has 0 atom stereocenters. The molecule has 0 unspecified atom stereocenters. The number of nitrogens with two attached hydrogens (primary N) is 1. The van der Waals surface area contributed by atoms with Gasteiger partial charge in [-0.2, -0.15) is 0 Å². The van der Waals surface area contributed by atoms with Gasteiger partial charge < -0.3 is 5.73 Å².